The molecule has 1 spiro atoms. The Kier molecular flexibility index (Phi) is 7.70. The van der Waals surface area contributed by atoms with Crippen LogP contribution in [0.4, 0.5) is 17.1 Å². The number of fused-ring (bicyclic) bond motifs is 18. The first kappa shape index (κ1) is 37.2. The van der Waals surface area contributed by atoms with Gasteiger partial charge in [0.2, 0.25) is 0 Å². The van der Waals surface area contributed by atoms with Crippen molar-refractivity contribution in [2.24, 2.45) is 0 Å². The van der Waals surface area contributed by atoms with Crippen molar-refractivity contribution in [3.8, 4) is 55.6 Å². The van der Waals surface area contributed by atoms with E-state index in [1.807, 2.05) is 6.07 Å². The highest BCUT2D eigenvalue weighted by Crippen LogP contribution is 2.62. The van der Waals surface area contributed by atoms with Crippen LogP contribution in [0, 0.1) is 0 Å². The summed E-state index contributed by atoms with van der Waals surface area (Å²) in [6.45, 7) is 4.74. The van der Waals surface area contributed by atoms with Gasteiger partial charge in [0.1, 0.15) is 11.2 Å². The fraction of sp³-hybridized carbons (Fsp3) is 0.0625. The summed E-state index contributed by atoms with van der Waals surface area (Å²) < 4.78 is 6.54. The van der Waals surface area contributed by atoms with Crippen LogP contribution in [-0.4, -0.2) is 0 Å². The quantitative estimate of drug-likeness (QED) is 0.176. The molecule has 0 fully saturated rings. The fourth-order valence-corrected chi connectivity index (χ4v) is 12.2. The highest BCUT2D eigenvalue weighted by molar-refractivity contribution is 6.09. The average molecular weight is 842 g/mol. The molecule has 2 nitrogen and oxygen atoms in total. The van der Waals surface area contributed by atoms with Gasteiger partial charge in [-0.2, -0.15) is 0 Å². The number of anilines is 3. The molecule has 3 aliphatic rings. The monoisotopic (exact) mass is 841 g/mol. The molecule has 14 rings (SSSR count). The first-order valence-electron chi connectivity index (χ1n) is 23.1. The lowest BCUT2D eigenvalue weighted by atomic mass is 9.66. The van der Waals surface area contributed by atoms with Crippen molar-refractivity contribution in [3.05, 3.63) is 258 Å². The van der Waals surface area contributed by atoms with Crippen molar-refractivity contribution < 1.29 is 4.42 Å². The molecular weight excluding hydrogens is 799 g/mol. The van der Waals surface area contributed by atoms with E-state index in [4.69, 9.17) is 4.42 Å². The molecular formula is C64H43NO. The summed E-state index contributed by atoms with van der Waals surface area (Å²) >= 11 is 0. The van der Waals surface area contributed by atoms with Crippen LogP contribution in [0.15, 0.2) is 229 Å². The van der Waals surface area contributed by atoms with Gasteiger partial charge in [-0.05, 0) is 126 Å². The summed E-state index contributed by atoms with van der Waals surface area (Å²) in [5.41, 5.74) is 24.8. The largest absolute Gasteiger partial charge is 0.455 e. The van der Waals surface area contributed by atoms with Crippen LogP contribution in [0.3, 0.4) is 0 Å². The molecule has 0 saturated heterocycles. The average Bonchev–Trinajstić information content (AvgIpc) is 3.95. The van der Waals surface area contributed by atoms with Crippen LogP contribution in [0.2, 0.25) is 0 Å². The molecule has 1 aromatic heterocycles. The van der Waals surface area contributed by atoms with Crippen LogP contribution in [0.5, 0.6) is 0 Å². The Morgan fingerprint density at radius 3 is 1.36 bits per heavy atom. The zero-order valence-corrected chi connectivity index (χ0v) is 36.7. The molecule has 0 radical (unpaired) electrons. The minimum atomic E-state index is -0.587. The highest BCUT2D eigenvalue weighted by Gasteiger charge is 2.50. The fourth-order valence-electron chi connectivity index (χ4n) is 12.2. The Morgan fingerprint density at radius 1 is 0.318 bits per heavy atom. The molecule has 0 N–H and O–H groups in total. The predicted octanol–water partition coefficient (Wildman–Crippen LogP) is 17.0. The van der Waals surface area contributed by atoms with E-state index < -0.39 is 5.41 Å². The van der Waals surface area contributed by atoms with E-state index >= 15 is 0 Å². The third-order valence-electron chi connectivity index (χ3n) is 15.1. The van der Waals surface area contributed by atoms with Gasteiger partial charge in [0, 0.05) is 38.8 Å². The molecule has 0 saturated carbocycles. The maximum absolute atomic E-state index is 6.54. The van der Waals surface area contributed by atoms with Gasteiger partial charge in [-0.3, -0.25) is 0 Å². The summed E-state index contributed by atoms with van der Waals surface area (Å²) in [6, 6.07) is 83.5. The maximum atomic E-state index is 6.54. The van der Waals surface area contributed by atoms with E-state index in [1.54, 1.807) is 0 Å². The first-order valence-corrected chi connectivity index (χ1v) is 23.1. The van der Waals surface area contributed by atoms with Crippen LogP contribution < -0.4 is 4.90 Å². The third-order valence-corrected chi connectivity index (χ3v) is 15.1. The first-order chi connectivity index (χ1) is 32.5. The van der Waals surface area contributed by atoms with Gasteiger partial charge in [0.05, 0.1) is 5.41 Å². The Hall–Kier alpha value is -8.20. The van der Waals surface area contributed by atoms with Crippen LogP contribution >= 0.6 is 0 Å². The predicted molar refractivity (Wildman–Crippen MR) is 273 cm³/mol. The molecule has 1 heterocycles. The maximum Gasteiger partial charge on any atom is 0.143 e. The van der Waals surface area contributed by atoms with E-state index in [1.165, 1.54) is 77.9 Å². The summed E-state index contributed by atoms with van der Waals surface area (Å²) in [4.78, 5) is 2.48. The van der Waals surface area contributed by atoms with Crippen molar-refractivity contribution in [2.75, 3.05) is 4.90 Å². The van der Waals surface area contributed by atoms with Gasteiger partial charge in [-0.1, -0.05) is 196 Å². The minimum absolute atomic E-state index is 0.158. The number of benzene rings is 10. The van der Waals surface area contributed by atoms with Gasteiger partial charge in [-0.25, -0.2) is 0 Å². The normalized spacial score (nSPS) is 14.2. The number of para-hydroxylation sites is 2. The number of hydrogen-bond acceptors (Lipinski definition) is 2. The Bertz CT molecular complexity index is 3740. The summed E-state index contributed by atoms with van der Waals surface area (Å²) in [7, 11) is 0. The van der Waals surface area contributed by atoms with Crippen molar-refractivity contribution >= 4 is 39.0 Å². The third kappa shape index (κ3) is 4.96. The van der Waals surface area contributed by atoms with Crippen LogP contribution in [0.25, 0.3) is 77.6 Å². The highest BCUT2D eigenvalue weighted by atomic mass is 16.3. The SMILES string of the molecule is CC1(C)c2ccccc2-c2ccc(N(c3ccc(-c4cccc5c4oc4ccccc45)cc3)c3ccc4c(c3)C3(c5ccccc5-c5ccccc5-c5ccccc53)c3ccccc3-4)cc21. The van der Waals surface area contributed by atoms with Crippen molar-refractivity contribution in [2.45, 2.75) is 24.7 Å². The molecule has 2 heteroatoms. The van der Waals surface area contributed by atoms with Crippen molar-refractivity contribution in [3.63, 3.8) is 0 Å². The lowest BCUT2D eigenvalue weighted by Crippen LogP contribution is -2.29. The van der Waals surface area contributed by atoms with Gasteiger partial charge >= 0.3 is 0 Å². The van der Waals surface area contributed by atoms with E-state index in [0.29, 0.717) is 0 Å². The molecule has 11 aromatic rings. The van der Waals surface area contributed by atoms with Crippen molar-refractivity contribution in [1.82, 2.24) is 0 Å². The zero-order chi connectivity index (χ0) is 43.7. The summed E-state index contributed by atoms with van der Waals surface area (Å²) in [6.07, 6.45) is 0. The molecule has 10 aromatic carbocycles. The van der Waals surface area contributed by atoms with E-state index in [-0.39, 0.29) is 5.41 Å². The number of furan rings is 1. The van der Waals surface area contributed by atoms with E-state index in [0.717, 1.165) is 50.1 Å². The second kappa shape index (κ2) is 13.7. The number of hydrogen-bond donors (Lipinski definition) is 0. The molecule has 0 unspecified atom stereocenters. The zero-order valence-electron chi connectivity index (χ0n) is 36.7. The van der Waals surface area contributed by atoms with E-state index in [9.17, 15) is 0 Å². The van der Waals surface area contributed by atoms with Gasteiger partial charge < -0.3 is 9.32 Å². The molecule has 310 valence electrons. The smallest absolute Gasteiger partial charge is 0.143 e. The molecule has 0 bridgehead atoms. The van der Waals surface area contributed by atoms with E-state index in [2.05, 4.69) is 237 Å². The Morgan fingerprint density at radius 2 is 0.742 bits per heavy atom. The molecule has 66 heavy (non-hydrogen) atoms. The van der Waals surface area contributed by atoms with Gasteiger partial charge in [0.25, 0.3) is 0 Å². The number of rotatable bonds is 4. The minimum Gasteiger partial charge on any atom is -0.455 e. The molecule has 0 aliphatic heterocycles. The second-order valence-electron chi connectivity index (χ2n) is 18.7. The summed E-state index contributed by atoms with van der Waals surface area (Å²) in [5, 5.41) is 2.27. The van der Waals surface area contributed by atoms with Crippen LogP contribution in [0.1, 0.15) is 47.2 Å². The molecule has 0 amide bonds. The van der Waals surface area contributed by atoms with Gasteiger partial charge in [0.15, 0.2) is 0 Å². The standard InChI is InChI=1S/C64H43NO/c1-63(2)55-25-10-5-20-49(55)51-36-34-42(38-59(51)63)65(41-32-30-40(31-33-41)44-23-15-24-54-53-22-9-14-29-61(53)66-62(44)54)43-35-37-52-50-21-8-13-28-58(50)64(60(52)39-43)56-26-11-6-18-47(56)45-16-3-4-17-46(45)48-19-7-12-27-57(48)64/h3-39H,1-2H3. The Labute approximate surface area is 384 Å². The van der Waals surface area contributed by atoms with Crippen LogP contribution in [-0.2, 0) is 10.8 Å². The lowest BCUT2D eigenvalue weighted by molar-refractivity contribution is 0.660. The summed E-state index contributed by atoms with van der Waals surface area (Å²) in [5.74, 6) is 0. The Balaban J connectivity index is 1.01. The lowest BCUT2D eigenvalue weighted by Gasteiger charge is -2.36. The second-order valence-corrected chi connectivity index (χ2v) is 18.7. The molecule has 3 aliphatic carbocycles. The number of nitrogens with zero attached hydrogens (tertiary/aromatic N) is 1. The van der Waals surface area contributed by atoms with Gasteiger partial charge in [-0.15, -0.1) is 0 Å². The topological polar surface area (TPSA) is 16.4 Å². The molecule has 0 atom stereocenters. The van der Waals surface area contributed by atoms with Crippen molar-refractivity contribution in [1.29, 1.82) is 0 Å².